The number of likely N-dealkylation sites (tertiary alicyclic amines) is 1. The number of hydrogen-bond acceptors (Lipinski definition) is 3. The van der Waals surface area contributed by atoms with Gasteiger partial charge in [0.2, 0.25) is 0 Å². The molecule has 1 aromatic carbocycles. The molecule has 2 N–H and O–H groups in total. The molecular weight excluding hydrogens is 248 g/mol. The normalized spacial score (nSPS) is 29.0. The van der Waals surface area contributed by atoms with Crippen molar-refractivity contribution in [2.75, 3.05) is 19.6 Å². The Balaban J connectivity index is 1.89. The van der Waals surface area contributed by atoms with Crippen LogP contribution in [0.5, 0.6) is 5.75 Å². The monoisotopic (exact) mass is 274 g/mol. The Morgan fingerprint density at radius 1 is 1.30 bits per heavy atom. The van der Waals surface area contributed by atoms with Crippen LogP contribution < -0.4 is 10.5 Å². The van der Waals surface area contributed by atoms with Crippen molar-refractivity contribution >= 4 is 0 Å². The second-order valence-corrected chi connectivity index (χ2v) is 6.89. The molecule has 0 aliphatic carbocycles. The lowest BCUT2D eigenvalue weighted by Crippen LogP contribution is -2.51. The van der Waals surface area contributed by atoms with E-state index >= 15 is 0 Å². The molecule has 2 atom stereocenters. The molecule has 0 radical (unpaired) electrons. The van der Waals surface area contributed by atoms with Crippen molar-refractivity contribution in [1.82, 2.24) is 4.90 Å². The van der Waals surface area contributed by atoms with Crippen molar-refractivity contribution in [2.45, 2.75) is 45.3 Å². The van der Waals surface area contributed by atoms with Crippen LogP contribution in [0.1, 0.15) is 43.9 Å². The fourth-order valence-electron chi connectivity index (χ4n) is 3.61. The first kappa shape index (κ1) is 13.9. The molecule has 0 aromatic heterocycles. The summed E-state index contributed by atoms with van der Waals surface area (Å²) in [5.41, 5.74) is 8.83. The summed E-state index contributed by atoms with van der Waals surface area (Å²) in [6, 6.07) is 6.42. The number of ether oxygens (including phenoxy) is 1. The van der Waals surface area contributed by atoms with Crippen LogP contribution in [-0.2, 0) is 0 Å². The van der Waals surface area contributed by atoms with Crippen molar-refractivity contribution < 1.29 is 4.74 Å². The molecule has 2 heterocycles. The highest BCUT2D eigenvalue weighted by molar-refractivity contribution is 5.42. The predicted octanol–water partition coefficient (Wildman–Crippen LogP) is 2.88. The molecule has 1 aromatic rings. The number of aryl methyl sites for hydroxylation is 1. The van der Waals surface area contributed by atoms with E-state index in [0.717, 1.165) is 12.3 Å². The first-order chi connectivity index (χ1) is 9.47. The summed E-state index contributed by atoms with van der Waals surface area (Å²) in [5.74, 6) is 1.31. The van der Waals surface area contributed by atoms with E-state index in [1.807, 2.05) is 0 Å². The van der Waals surface area contributed by atoms with E-state index in [2.05, 4.69) is 43.9 Å². The Labute approximate surface area is 122 Å². The number of rotatable bonds is 2. The summed E-state index contributed by atoms with van der Waals surface area (Å²) in [7, 11) is 0. The zero-order valence-electron chi connectivity index (χ0n) is 12.9. The smallest absolute Gasteiger partial charge is 0.124 e. The Bertz CT molecular complexity index is 492. The fraction of sp³-hybridized carbons (Fsp3) is 0.647. The van der Waals surface area contributed by atoms with Gasteiger partial charge in [-0.25, -0.2) is 0 Å². The lowest BCUT2D eigenvalue weighted by molar-refractivity contribution is -0.00358. The predicted molar refractivity (Wildman–Crippen MR) is 82.0 cm³/mol. The molecule has 3 nitrogen and oxygen atoms in total. The van der Waals surface area contributed by atoms with Crippen LogP contribution in [0.4, 0.5) is 0 Å². The number of hydrogen-bond donors (Lipinski definition) is 1. The molecule has 0 spiro atoms. The number of nitrogens with zero attached hydrogens (tertiary/aromatic N) is 1. The van der Waals surface area contributed by atoms with Crippen LogP contribution in [0.2, 0.25) is 0 Å². The minimum atomic E-state index is -0.204. The van der Waals surface area contributed by atoms with Gasteiger partial charge < -0.3 is 15.4 Å². The summed E-state index contributed by atoms with van der Waals surface area (Å²) < 4.78 is 6.26. The lowest BCUT2D eigenvalue weighted by Gasteiger charge is -2.45. The second-order valence-electron chi connectivity index (χ2n) is 6.89. The average Bonchev–Trinajstić information content (AvgIpc) is 2.88. The third-order valence-corrected chi connectivity index (χ3v) is 4.88. The van der Waals surface area contributed by atoms with Crippen molar-refractivity contribution in [3.8, 4) is 5.75 Å². The molecule has 110 valence electrons. The number of fused-ring (bicyclic) bond motifs is 1. The molecule has 0 amide bonds. The maximum absolute atomic E-state index is 6.61. The van der Waals surface area contributed by atoms with Crippen molar-refractivity contribution in [2.24, 2.45) is 11.7 Å². The van der Waals surface area contributed by atoms with Crippen LogP contribution in [-0.4, -0.2) is 30.1 Å². The molecule has 2 aliphatic rings. The Morgan fingerprint density at radius 3 is 2.70 bits per heavy atom. The van der Waals surface area contributed by atoms with Crippen LogP contribution in [0.15, 0.2) is 18.2 Å². The van der Waals surface area contributed by atoms with Crippen molar-refractivity contribution in [3.05, 3.63) is 29.3 Å². The van der Waals surface area contributed by atoms with Gasteiger partial charge in [-0.3, -0.25) is 0 Å². The summed E-state index contributed by atoms with van der Waals surface area (Å²) >= 11 is 0. The Kier molecular flexibility index (Phi) is 3.51. The van der Waals surface area contributed by atoms with Crippen LogP contribution >= 0.6 is 0 Å². The summed E-state index contributed by atoms with van der Waals surface area (Å²) in [5, 5.41) is 0. The first-order valence-corrected chi connectivity index (χ1v) is 7.75. The molecule has 2 aliphatic heterocycles. The highest BCUT2D eigenvalue weighted by Gasteiger charge is 2.43. The maximum Gasteiger partial charge on any atom is 0.124 e. The van der Waals surface area contributed by atoms with Gasteiger partial charge in [0.15, 0.2) is 0 Å². The second kappa shape index (κ2) is 5.05. The van der Waals surface area contributed by atoms with E-state index in [-0.39, 0.29) is 11.6 Å². The van der Waals surface area contributed by atoms with E-state index in [4.69, 9.17) is 10.5 Å². The summed E-state index contributed by atoms with van der Waals surface area (Å²) in [4.78, 5) is 2.54. The van der Waals surface area contributed by atoms with Gasteiger partial charge in [0.1, 0.15) is 11.4 Å². The molecule has 1 saturated heterocycles. The van der Waals surface area contributed by atoms with Gasteiger partial charge in [-0.2, -0.15) is 0 Å². The third kappa shape index (κ3) is 2.45. The number of nitrogens with two attached hydrogens (primary N) is 1. The summed E-state index contributed by atoms with van der Waals surface area (Å²) in [6.45, 7) is 9.93. The lowest BCUT2D eigenvalue weighted by atomic mass is 9.78. The molecule has 0 saturated carbocycles. The fourth-order valence-corrected chi connectivity index (χ4v) is 3.61. The first-order valence-electron chi connectivity index (χ1n) is 7.75. The van der Waals surface area contributed by atoms with Gasteiger partial charge in [-0.1, -0.05) is 17.7 Å². The maximum atomic E-state index is 6.61. The Hall–Kier alpha value is -1.06. The average molecular weight is 274 g/mol. The zero-order valence-corrected chi connectivity index (χ0v) is 12.9. The molecule has 2 unspecified atom stereocenters. The van der Waals surface area contributed by atoms with Crippen LogP contribution in [0.25, 0.3) is 0 Å². The summed E-state index contributed by atoms with van der Waals surface area (Å²) in [6.07, 6.45) is 2.64. The zero-order chi connectivity index (χ0) is 14.3. The molecule has 20 heavy (non-hydrogen) atoms. The topological polar surface area (TPSA) is 38.5 Å². The third-order valence-electron chi connectivity index (χ3n) is 4.88. The van der Waals surface area contributed by atoms with Crippen molar-refractivity contribution in [3.63, 3.8) is 0 Å². The van der Waals surface area contributed by atoms with E-state index in [1.54, 1.807) is 0 Å². The molecule has 0 bridgehead atoms. The molecule has 1 fully saturated rings. The standard InChI is InChI=1S/C17H26N2O/c1-12-6-7-15-13(10-12)16(18)14(17(2,3)20-15)11-19-8-4-5-9-19/h6-7,10,14,16H,4-5,8-9,11,18H2,1-3H3. The SMILES string of the molecule is Cc1ccc2c(c1)C(N)C(CN1CCCC1)C(C)(C)O2. The minimum absolute atomic E-state index is 0.0641. The van der Waals surface area contributed by atoms with E-state index in [1.165, 1.54) is 37.1 Å². The van der Waals surface area contributed by atoms with Gasteiger partial charge >= 0.3 is 0 Å². The highest BCUT2D eigenvalue weighted by Crippen LogP contribution is 2.43. The van der Waals surface area contributed by atoms with Crippen LogP contribution in [0, 0.1) is 12.8 Å². The van der Waals surface area contributed by atoms with Gasteiger partial charge in [0.05, 0.1) is 0 Å². The largest absolute Gasteiger partial charge is 0.487 e. The van der Waals surface area contributed by atoms with E-state index < -0.39 is 0 Å². The van der Waals surface area contributed by atoms with Gasteiger partial charge in [0.25, 0.3) is 0 Å². The van der Waals surface area contributed by atoms with E-state index in [0.29, 0.717) is 5.92 Å². The minimum Gasteiger partial charge on any atom is -0.487 e. The van der Waals surface area contributed by atoms with Gasteiger partial charge in [-0.05, 0) is 52.8 Å². The quantitative estimate of drug-likeness (QED) is 0.901. The number of benzene rings is 1. The van der Waals surface area contributed by atoms with Crippen LogP contribution in [0.3, 0.4) is 0 Å². The van der Waals surface area contributed by atoms with Crippen molar-refractivity contribution in [1.29, 1.82) is 0 Å². The highest BCUT2D eigenvalue weighted by atomic mass is 16.5. The Morgan fingerprint density at radius 2 is 2.00 bits per heavy atom. The molecular formula is C17H26N2O. The van der Waals surface area contributed by atoms with Gasteiger partial charge in [0, 0.05) is 24.1 Å². The van der Waals surface area contributed by atoms with Gasteiger partial charge in [-0.15, -0.1) is 0 Å². The molecule has 3 rings (SSSR count). The van der Waals surface area contributed by atoms with E-state index in [9.17, 15) is 0 Å². The molecule has 3 heteroatoms.